The van der Waals surface area contributed by atoms with E-state index in [1.54, 1.807) is 12.1 Å². The van der Waals surface area contributed by atoms with Crippen molar-refractivity contribution in [2.75, 3.05) is 13.1 Å². The summed E-state index contributed by atoms with van der Waals surface area (Å²) < 4.78 is 0. The lowest BCUT2D eigenvalue weighted by molar-refractivity contribution is 0.0946. The first-order valence-corrected chi connectivity index (χ1v) is 11.4. The number of nitrogens with zero attached hydrogens (tertiary/aromatic N) is 1. The normalized spacial score (nSPS) is 18.6. The van der Waals surface area contributed by atoms with Gasteiger partial charge in [-0.05, 0) is 60.1 Å². The van der Waals surface area contributed by atoms with Crippen molar-refractivity contribution < 1.29 is 9.59 Å². The maximum atomic E-state index is 12.7. The third-order valence-corrected chi connectivity index (χ3v) is 6.79. The van der Waals surface area contributed by atoms with E-state index in [1.807, 2.05) is 6.07 Å². The summed E-state index contributed by atoms with van der Waals surface area (Å²) in [7, 11) is 0. The van der Waals surface area contributed by atoms with E-state index in [2.05, 4.69) is 58.1 Å². The fourth-order valence-electron chi connectivity index (χ4n) is 5.04. The van der Waals surface area contributed by atoms with E-state index in [9.17, 15) is 9.59 Å². The van der Waals surface area contributed by atoms with Gasteiger partial charge >= 0.3 is 0 Å². The summed E-state index contributed by atoms with van der Waals surface area (Å²) in [5.41, 5.74) is 6.13. The summed E-state index contributed by atoms with van der Waals surface area (Å²) in [6.45, 7) is 1.18. The van der Waals surface area contributed by atoms with Gasteiger partial charge in [0.05, 0.1) is 0 Å². The highest BCUT2D eigenvalue weighted by Crippen LogP contribution is 2.33. The molecule has 2 unspecified atom stereocenters. The molecule has 2 N–H and O–H groups in total. The lowest BCUT2D eigenvalue weighted by Crippen LogP contribution is -2.30. The number of fused-ring (bicyclic) bond motifs is 2. The van der Waals surface area contributed by atoms with Crippen LogP contribution in [-0.4, -0.2) is 29.9 Å². The predicted molar refractivity (Wildman–Crippen MR) is 124 cm³/mol. The Morgan fingerprint density at radius 1 is 0.781 bits per heavy atom. The molecule has 1 aromatic heterocycles. The molecule has 32 heavy (non-hydrogen) atoms. The topological polar surface area (TPSA) is 71.1 Å². The maximum absolute atomic E-state index is 12.7. The molecule has 5 heteroatoms. The van der Waals surface area contributed by atoms with E-state index >= 15 is 0 Å². The molecular weight excluding hydrogens is 398 g/mol. The van der Waals surface area contributed by atoms with Crippen LogP contribution in [0.2, 0.25) is 0 Å². The van der Waals surface area contributed by atoms with Crippen LogP contribution < -0.4 is 10.6 Å². The molecule has 2 aromatic carbocycles. The summed E-state index contributed by atoms with van der Waals surface area (Å²) in [6, 6.07) is 20.1. The van der Waals surface area contributed by atoms with Gasteiger partial charge in [0.25, 0.3) is 11.8 Å². The summed E-state index contributed by atoms with van der Waals surface area (Å²) in [4.78, 5) is 29.6. The third-order valence-electron chi connectivity index (χ3n) is 6.79. The van der Waals surface area contributed by atoms with Gasteiger partial charge in [0.15, 0.2) is 0 Å². The zero-order valence-corrected chi connectivity index (χ0v) is 18.0. The Labute approximate surface area is 188 Å². The van der Waals surface area contributed by atoms with E-state index in [0.717, 1.165) is 25.7 Å². The van der Waals surface area contributed by atoms with Gasteiger partial charge in [-0.25, -0.2) is 0 Å². The van der Waals surface area contributed by atoms with E-state index in [1.165, 1.54) is 28.5 Å². The monoisotopic (exact) mass is 425 g/mol. The lowest BCUT2D eigenvalue weighted by atomic mass is 10.0. The van der Waals surface area contributed by atoms with Crippen molar-refractivity contribution in [2.45, 2.75) is 37.5 Å². The Kier molecular flexibility index (Phi) is 5.71. The molecule has 0 radical (unpaired) electrons. The van der Waals surface area contributed by atoms with Crippen molar-refractivity contribution in [3.63, 3.8) is 0 Å². The Morgan fingerprint density at radius 2 is 1.34 bits per heavy atom. The minimum Gasteiger partial charge on any atom is -0.351 e. The van der Waals surface area contributed by atoms with E-state index < -0.39 is 0 Å². The zero-order chi connectivity index (χ0) is 21.9. The molecule has 2 amide bonds. The summed E-state index contributed by atoms with van der Waals surface area (Å²) in [6.07, 6.45) is 5.73. The van der Waals surface area contributed by atoms with Crippen molar-refractivity contribution in [3.8, 4) is 0 Å². The summed E-state index contributed by atoms with van der Waals surface area (Å²) in [5, 5.41) is 6.04. The van der Waals surface area contributed by atoms with Crippen LogP contribution in [-0.2, 0) is 12.8 Å². The highest BCUT2D eigenvalue weighted by Gasteiger charge is 2.24. The average Bonchev–Trinajstić information content (AvgIpc) is 3.45. The van der Waals surface area contributed by atoms with Gasteiger partial charge in [-0.1, -0.05) is 48.5 Å². The minimum atomic E-state index is -0.242. The third kappa shape index (κ3) is 4.15. The fourth-order valence-corrected chi connectivity index (χ4v) is 5.04. The Balaban J connectivity index is 1.18. The van der Waals surface area contributed by atoms with Crippen LogP contribution in [0, 0.1) is 0 Å². The molecule has 2 aliphatic carbocycles. The molecule has 5 rings (SSSR count). The zero-order valence-electron chi connectivity index (χ0n) is 18.0. The number of carbonyl (C=O) groups is 2. The summed E-state index contributed by atoms with van der Waals surface area (Å²) >= 11 is 0. The van der Waals surface area contributed by atoms with Gasteiger partial charge < -0.3 is 10.6 Å². The first-order valence-electron chi connectivity index (χ1n) is 11.4. The molecule has 0 saturated heterocycles. The Hall–Kier alpha value is -3.47. The van der Waals surface area contributed by atoms with Crippen molar-refractivity contribution in [3.05, 3.63) is 100 Å². The van der Waals surface area contributed by atoms with E-state index in [-0.39, 0.29) is 17.5 Å². The van der Waals surface area contributed by atoms with Crippen LogP contribution in [0.5, 0.6) is 0 Å². The number of rotatable bonds is 6. The second kappa shape index (κ2) is 8.95. The second-order valence-corrected chi connectivity index (χ2v) is 8.72. The van der Waals surface area contributed by atoms with Crippen molar-refractivity contribution >= 4 is 11.8 Å². The van der Waals surface area contributed by atoms with Gasteiger partial charge in [0, 0.05) is 36.7 Å². The molecule has 162 valence electrons. The van der Waals surface area contributed by atoms with Crippen LogP contribution in [0.4, 0.5) is 0 Å². The molecule has 2 atom stereocenters. The molecule has 3 aromatic rings. The number of amides is 2. The first-order chi connectivity index (χ1) is 15.7. The van der Waals surface area contributed by atoms with Crippen LogP contribution in [0.3, 0.4) is 0 Å². The highest BCUT2D eigenvalue weighted by atomic mass is 16.2. The molecule has 0 spiro atoms. The van der Waals surface area contributed by atoms with Gasteiger partial charge in [-0.3, -0.25) is 14.6 Å². The number of aryl methyl sites for hydroxylation is 2. The molecule has 0 fully saturated rings. The lowest BCUT2D eigenvalue weighted by Gasteiger charge is -2.14. The minimum absolute atomic E-state index is 0.171. The van der Waals surface area contributed by atoms with Crippen molar-refractivity contribution in [1.82, 2.24) is 15.6 Å². The number of pyridine rings is 1. The van der Waals surface area contributed by atoms with Gasteiger partial charge in [0.1, 0.15) is 5.69 Å². The SMILES string of the molecule is O=C(NCC1CCc2ccccc21)c1ccnc(C(=O)NCC2CCc3ccccc32)c1. The van der Waals surface area contributed by atoms with Crippen LogP contribution >= 0.6 is 0 Å². The predicted octanol–water partition coefficient (Wildman–Crippen LogP) is 4.00. The van der Waals surface area contributed by atoms with Gasteiger partial charge in [-0.2, -0.15) is 0 Å². The standard InChI is InChI=1S/C27H27N3O2/c31-26(29-16-21-11-9-18-5-1-3-7-23(18)21)20-13-14-28-25(15-20)27(32)30-17-22-12-10-19-6-2-4-8-24(19)22/h1-8,13-15,21-22H,9-12,16-17H2,(H,29,31)(H,30,32). The van der Waals surface area contributed by atoms with Crippen LogP contribution in [0.1, 0.15) is 67.8 Å². The Morgan fingerprint density at radius 3 is 1.97 bits per heavy atom. The van der Waals surface area contributed by atoms with Crippen LogP contribution in [0.25, 0.3) is 0 Å². The molecule has 5 nitrogen and oxygen atoms in total. The molecule has 0 aliphatic heterocycles. The molecule has 2 aliphatic rings. The largest absolute Gasteiger partial charge is 0.351 e. The van der Waals surface area contributed by atoms with E-state index in [4.69, 9.17) is 0 Å². The average molecular weight is 426 g/mol. The van der Waals surface area contributed by atoms with Gasteiger partial charge in [-0.15, -0.1) is 0 Å². The van der Waals surface area contributed by atoms with Crippen molar-refractivity contribution in [1.29, 1.82) is 0 Å². The summed E-state index contributed by atoms with van der Waals surface area (Å²) in [5.74, 6) is 0.259. The second-order valence-electron chi connectivity index (χ2n) is 8.72. The number of carbonyl (C=O) groups excluding carboxylic acids is 2. The first kappa shape index (κ1) is 20.4. The number of aromatic nitrogens is 1. The van der Waals surface area contributed by atoms with Gasteiger partial charge in [0.2, 0.25) is 0 Å². The van der Waals surface area contributed by atoms with E-state index in [0.29, 0.717) is 30.5 Å². The molecule has 0 saturated carbocycles. The highest BCUT2D eigenvalue weighted by molar-refractivity contribution is 5.98. The number of nitrogens with one attached hydrogen (secondary N) is 2. The smallest absolute Gasteiger partial charge is 0.269 e. The number of benzene rings is 2. The van der Waals surface area contributed by atoms with Crippen molar-refractivity contribution in [2.24, 2.45) is 0 Å². The fraction of sp³-hybridized carbons (Fsp3) is 0.296. The quantitative estimate of drug-likeness (QED) is 0.627. The Bertz CT molecular complexity index is 1070. The number of hydrogen-bond donors (Lipinski definition) is 2. The van der Waals surface area contributed by atoms with Crippen LogP contribution in [0.15, 0.2) is 66.9 Å². The maximum Gasteiger partial charge on any atom is 0.269 e. The number of hydrogen-bond acceptors (Lipinski definition) is 3. The molecule has 1 heterocycles. The molecule has 0 bridgehead atoms. The molecular formula is C27H27N3O2.